The SMILES string of the molecule is CCCCCCCCCOC(OCC)(OCC)C(OCC)(OCC)Oc1ccccc1. The van der Waals surface area contributed by atoms with Crippen molar-refractivity contribution in [3.63, 3.8) is 0 Å². The van der Waals surface area contributed by atoms with E-state index in [1.165, 1.54) is 32.1 Å². The van der Waals surface area contributed by atoms with Crippen LogP contribution in [-0.2, 0) is 23.7 Å². The van der Waals surface area contributed by atoms with Gasteiger partial charge in [0, 0.05) is 13.2 Å². The summed E-state index contributed by atoms with van der Waals surface area (Å²) in [7, 11) is 0. The molecule has 0 aliphatic rings. The molecule has 0 fully saturated rings. The van der Waals surface area contributed by atoms with Gasteiger partial charge in [-0.05, 0) is 46.2 Å². The van der Waals surface area contributed by atoms with Crippen molar-refractivity contribution in [3.8, 4) is 5.75 Å². The molecule has 6 heteroatoms. The van der Waals surface area contributed by atoms with Crippen LogP contribution in [0.25, 0.3) is 0 Å². The van der Waals surface area contributed by atoms with Gasteiger partial charge < -0.3 is 28.4 Å². The van der Waals surface area contributed by atoms with Gasteiger partial charge >= 0.3 is 11.9 Å². The molecule has 1 aromatic carbocycles. The quantitative estimate of drug-likeness (QED) is 0.175. The zero-order chi connectivity index (χ0) is 22.8. The van der Waals surface area contributed by atoms with Gasteiger partial charge in [-0.15, -0.1) is 0 Å². The highest BCUT2D eigenvalue weighted by Crippen LogP contribution is 2.37. The third-order valence-electron chi connectivity index (χ3n) is 4.75. The van der Waals surface area contributed by atoms with E-state index in [4.69, 9.17) is 28.4 Å². The van der Waals surface area contributed by atoms with Crippen molar-refractivity contribution in [1.82, 2.24) is 0 Å². The molecule has 0 amide bonds. The predicted molar refractivity (Wildman–Crippen MR) is 123 cm³/mol. The summed E-state index contributed by atoms with van der Waals surface area (Å²) in [5.41, 5.74) is 0. The fourth-order valence-electron chi connectivity index (χ4n) is 3.40. The van der Waals surface area contributed by atoms with E-state index >= 15 is 0 Å². The maximum atomic E-state index is 6.26. The van der Waals surface area contributed by atoms with E-state index in [0.717, 1.165) is 12.8 Å². The number of para-hydroxylation sites is 1. The van der Waals surface area contributed by atoms with Crippen LogP contribution in [0.1, 0.15) is 79.6 Å². The first-order chi connectivity index (χ1) is 15.1. The van der Waals surface area contributed by atoms with E-state index in [2.05, 4.69) is 6.92 Å². The minimum absolute atomic E-state index is 0.329. The summed E-state index contributed by atoms with van der Waals surface area (Å²) in [5, 5.41) is 0. The molecule has 1 rings (SSSR count). The molecule has 6 nitrogen and oxygen atoms in total. The van der Waals surface area contributed by atoms with E-state index in [1.807, 2.05) is 58.0 Å². The zero-order valence-corrected chi connectivity index (χ0v) is 20.3. The summed E-state index contributed by atoms with van der Waals surface area (Å²) in [6, 6.07) is 9.38. The van der Waals surface area contributed by atoms with E-state index in [1.54, 1.807) is 0 Å². The molecule has 180 valence electrons. The topological polar surface area (TPSA) is 55.4 Å². The minimum atomic E-state index is -1.70. The molecule has 0 aliphatic heterocycles. The molecule has 0 spiro atoms. The van der Waals surface area contributed by atoms with Crippen LogP contribution in [0.2, 0.25) is 0 Å². The third kappa shape index (κ3) is 9.07. The van der Waals surface area contributed by atoms with Crippen LogP contribution in [0, 0.1) is 0 Å². The van der Waals surface area contributed by atoms with Gasteiger partial charge in [-0.1, -0.05) is 63.6 Å². The van der Waals surface area contributed by atoms with E-state index in [0.29, 0.717) is 38.8 Å². The first kappa shape index (κ1) is 27.9. The molecule has 0 aliphatic carbocycles. The van der Waals surface area contributed by atoms with Crippen molar-refractivity contribution in [2.24, 2.45) is 0 Å². The van der Waals surface area contributed by atoms with Crippen molar-refractivity contribution in [3.05, 3.63) is 30.3 Å². The number of ether oxygens (including phenoxy) is 6. The van der Waals surface area contributed by atoms with Crippen LogP contribution in [0.15, 0.2) is 30.3 Å². The predicted octanol–water partition coefficient (Wildman–Crippen LogP) is 6.29. The van der Waals surface area contributed by atoms with E-state index in [9.17, 15) is 0 Å². The Balaban J connectivity index is 3.02. The second kappa shape index (κ2) is 16.5. The van der Waals surface area contributed by atoms with Crippen molar-refractivity contribution < 1.29 is 28.4 Å². The standard InChI is InChI=1S/C25H44O6/c1-6-11-12-13-14-15-19-22-30-24(26-7-2,27-8-3)25(28-9-4,29-10-5)31-23-20-17-16-18-21-23/h16-18,20-21H,6-15,19,22H2,1-5H3. The second-order valence-corrected chi connectivity index (χ2v) is 7.23. The minimum Gasteiger partial charge on any atom is -0.433 e. The smallest absolute Gasteiger partial charge is 0.414 e. The van der Waals surface area contributed by atoms with Crippen molar-refractivity contribution in [1.29, 1.82) is 0 Å². The summed E-state index contributed by atoms with van der Waals surface area (Å²) >= 11 is 0. The number of hydrogen-bond acceptors (Lipinski definition) is 6. The summed E-state index contributed by atoms with van der Waals surface area (Å²) in [4.78, 5) is 0. The Morgan fingerprint density at radius 2 is 1.03 bits per heavy atom. The lowest BCUT2D eigenvalue weighted by molar-refractivity contribution is -0.543. The molecule has 0 N–H and O–H groups in total. The Morgan fingerprint density at radius 1 is 0.548 bits per heavy atom. The molecule has 0 saturated carbocycles. The van der Waals surface area contributed by atoms with Crippen LogP contribution in [0.4, 0.5) is 0 Å². The Labute approximate surface area is 189 Å². The molecular weight excluding hydrogens is 396 g/mol. The molecular formula is C25H44O6. The Bertz CT molecular complexity index is 524. The summed E-state index contributed by atoms with van der Waals surface area (Å²) in [5.74, 6) is -2.78. The Morgan fingerprint density at radius 3 is 1.55 bits per heavy atom. The average molecular weight is 441 g/mol. The average Bonchev–Trinajstić information content (AvgIpc) is 2.76. The highest BCUT2D eigenvalue weighted by atomic mass is 17.0. The Hall–Kier alpha value is -1.18. The molecule has 31 heavy (non-hydrogen) atoms. The number of benzene rings is 1. The first-order valence-electron chi connectivity index (χ1n) is 12.1. The van der Waals surface area contributed by atoms with Gasteiger partial charge in [0.05, 0.1) is 19.8 Å². The molecule has 0 unspecified atom stereocenters. The fourth-order valence-corrected chi connectivity index (χ4v) is 3.40. The zero-order valence-electron chi connectivity index (χ0n) is 20.3. The van der Waals surface area contributed by atoms with Gasteiger partial charge in [-0.3, -0.25) is 0 Å². The van der Waals surface area contributed by atoms with Crippen molar-refractivity contribution in [2.75, 3.05) is 33.0 Å². The molecule has 1 aromatic rings. The number of unbranched alkanes of at least 4 members (excludes halogenated alkanes) is 6. The third-order valence-corrected chi connectivity index (χ3v) is 4.75. The van der Waals surface area contributed by atoms with Gasteiger partial charge in [-0.25, -0.2) is 0 Å². The lowest BCUT2D eigenvalue weighted by Gasteiger charge is -2.45. The lowest BCUT2D eigenvalue weighted by Crippen LogP contribution is -2.66. The normalized spacial score (nSPS) is 12.3. The largest absolute Gasteiger partial charge is 0.433 e. The van der Waals surface area contributed by atoms with Gasteiger partial charge in [0.25, 0.3) is 0 Å². The van der Waals surface area contributed by atoms with E-state index in [-0.39, 0.29) is 0 Å². The molecule has 0 aromatic heterocycles. The summed E-state index contributed by atoms with van der Waals surface area (Å²) < 4.78 is 36.7. The monoisotopic (exact) mass is 440 g/mol. The maximum absolute atomic E-state index is 6.26. The Kier molecular flexibility index (Phi) is 14.8. The molecule has 0 bridgehead atoms. The van der Waals surface area contributed by atoms with Crippen molar-refractivity contribution >= 4 is 0 Å². The lowest BCUT2D eigenvalue weighted by atomic mass is 10.1. The van der Waals surface area contributed by atoms with Crippen LogP contribution in [0.3, 0.4) is 0 Å². The summed E-state index contributed by atoms with van der Waals surface area (Å²) in [6.07, 6.45) is 8.30. The highest BCUT2D eigenvalue weighted by molar-refractivity contribution is 5.21. The van der Waals surface area contributed by atoms with Crippen LogP contribution >= 0.6 is 0 Å². The number of hydrogen-bond donors (Lipinski definition) is 0. The molecule has 0 radical (unpaired) electrons. The van der Waals surface area contributed by atoms with Crippen LogP contribution in [-0.4, -0.2) is 45.0 Å². The second-order valence-electron chi connectivity index (χ2n) is 7.23. The molecule has 0 heterocycles. The molecule has 0 atom stereocenters. The van der Waals surface area contributed by atoms with Gasteiger partial charge in [0.15, 0.2) is 0 Å². The highest BCUT2D eigenvalue weighted by Gasteiger charge is 2.62. The fraction of sp³-hybridized carbons (Fsp3) is 0.760. The maximum Gasteiger partial charge on any atom is 0.414 e. The molecule has 0 saturated heterocycles. The first-order valence-corrected chi connectivity index (χ1v) is 12.1. The van der Waals surface area contributed by atoms with Gasteiger partial charge in [0.2, 0.25) is 0 Å². The van der Waals surface area contributed by atoms with Gasteiger partial charge in [-0.2, -0.15) is 0 Å². The van der Waals surface area contributed by atoms with Crippen molar-refractivity contribution in [2.45, 2.75) is 91.5 Å². The van der Waals surface area contributed by atoms with E-state index < -0.39 is 11.9 Å². The summed E-state index contributed by atoms with van der Waals surface area (Å²) in [6.45, 7) is 11.6. The van der Waals surface area contributed by atoms with Crippen LogP contribution < -0.4 is 4.74 Å². The number of rotatable bonds is 20. The van der Waals surface area contributed by atoms with Gasteiger partial charge in [0.1, 0.15) is 5.75 Å². The van der Waals surface area contributed by atoms with Crippen LogP contribution in [0.5, 0.6) is 5.75 Å².